The molecule has 0 aliphatic carbocycles. The molecule has 1 aromatic rings. The van der Waals surface area contributed by atoms with Crippen LogP contribution in [0.3, 0.4) is 0 Å². The predicted molar refractivity (Wildman–Crippen MR) is 27.8 cm³/mol. The molecule has 8 heavy (non-hydrogen) atoms. The van der Waals surface area contributed by atoms with Gasteiger partial charge in [-0.25, -0.2) is 0 Å². The zero-order chi connectivity index (χ0) is 5.11. The SMILES string of the molecule is Cc1ccc[c-]n1.[Li+]. The van der Waals surface area contributed by atoms with Crippen LogP contribution >= 0.6 is 0 Å². The number of aryl methyl sites for hydroxylation is 1. The second-order valence-corrected chi connectivity index (χ2v) is 1.41. The van der Waals surface area contributed by atoms with Gasteiger partial charge in [-0.2, -0.15) is 18.2 Å². The second-order valence-electron chi connectivity index (χ2n) is 1.41. The van der Waals surface area contributed by atoms with Crippen molar-refractivity contribution >= 4 is 0 Å². The number of pyridine rings is 1. The van der Waals surface area contributed by atoms with Gasteiger partial charge in [0.15, 0.2) is 0 Å². The maximum Gasteiger partial charge on any atom is 1.00 e. The summed E-state index contributed by atoms with van der Waals surface area (Å²) < 4.78 is 0. The van der Waals surface area contributed by atoms with Crippen LogP contribution in [0.1, 0.15) is 5.69 Å². The Balaban J connectivity index is 0.000000490. The molecule has 0 atom stereocenters. The fourth-order valence-electron chi connectivity index (χ4n) is 0.407. The van der Waals surface area contributed by atoms with Crippen LogP contribution in [0.4, 0.5) is 0 Å². The van der Waals surface area contributed by atoms with Crippen molar-refractivity contribution < 1.29 is 18.9 Å². The van der Waals surface area contributed by atoms with Gasteiger partial charge in [-0.1, -0.05) is 18.8 Å². The number of aromatic nitrogens is 1. The van der Waals surface area contributed by atoms with Gasteiger partial charge in [0.1, 0.15) is 0 Å². The molecule has 0 aromatic carbocycles. The Labute approximate surface area is 61.3 Å². The van der Waals surface area contributed by atoms with Crippen LogP contribution in [0.25, 0.3) is 0 Å². The van der Waals surface area contributed by atoms with Gasteiger partial charge in [0.2, 0.25) is 0 Å². The summed E-state index contributed by atoms with van der Waals surface area (Å²) in [6.07, 6.45) is 2.71. The van der Waals surface area contributed by atoms with E-state index in [1.54, 1.807) is 6.07 Å². The minimum Gasteiger partial charge on any atom is -0.391 e. The zero-order valence-corrected chi connectivity index (χ0v) is 5.18. The molecule has 2 heteroatoms. The molecule has 0 spiro atoms. The molecule has 0 fully saturated rings. The Morgan fingerprint density at radius 2 is 2.38 bits per heavy atom. The second kappa shape index (κ2) is 3.71. The average molecular weight is 99.1 g/mol. The number of hydrogen-bond acceptors (Lipinski definition) is 1. The molecule has 0 amide bonds. The maximum atomic E-state index is 3.85. The summed E-state index contributed by atoms with van der Waals surface area (Å²) >= 11 is 0. The van der Waals surface area contributed by atoms with Gasteiger partial charge in [0, 0.05) is 0 Å². The molecule has 0 N–H and O–H groups in total. The van der Waals surface area contributed by atoms with Crippen LogP contribution in [0.5, 0.6) is 0 Å². The Hall–Kier alpha value is -0.253. The summed E-state index contributed by atoms with van der Waals surface area (Å²) in [4.78, 5) is 3.85. The predicted octanol–water partition coefficient (Wildman–Crippen LogP) is -1.81. The molecule has 1 rings (SSSR count). The van der Waals surface area contributed by atoms with Crippen molar-refractivity contribution in [2.75, 3.05) is 0 Å². The fraction of sp³-hybridized carbons (Fsp3) is 0.167. The van der Waals surface area contributed by atoms with E-state index in [-0.39, 0.29) is 18.9 Å². The molecule has 0 aliphatic rings. The molecule has 0 saturated heterocycles. The van der Waals surface area contributed by atoms with E-state index >= 15 is 0 Å². The van der Waals surface area contributed by atoms with E-state index in [4.69, 9.17) is 0 Å². The molecule has 0 saturated carbocycles. The molecule has 0 aliphatic heterocycles. The zero-order valence-electron chi connectivity index (χ0n) is 5.18. The van der Waals surface area contributed by atoms with Crippen molar-refractivity contribution in [1.82, 2.24) is 4.98 Å². The number of rotatable bonds is 0. The molecule has 0 unspecified atom stereocenters. The molecular weight excluding hydrogens is 93.0 g/mol. The quantitative estimate of drug-likeness (QED) is 0.276. The van der Waals surface area contributed by atoms with Gasteiger partial charge in [-0.05, 0) is 0 Å². The van der Waals surface area contributed by atoms with Crippen molar-refractivity contribution in [3.63, 3.8) is 0 Å². The normalized spacial score (nSPS) is 7.62. The molecule has 1 nitrogen and oxygen atoms in total. The summed E-state index contributed by atoms with van der Waals surface area (Å²) in [5.41, 5.74) is 1.02. The Bertz CT molecular complexity index is 138. The van der Waals surface area contributed by atoms with E-state index in [9.17, 15) is 0 Å². The van der Waals surface area contributed by atoms with Crippen LogP contribution in [-0.2, 0) is 0 Å². The standard InChI is InChI=1S/C6H6N.Li/c1-6-4-2-3-5-7-6;/h2-4H,1H3;/q-1;+1. The Morgan fingerprint density at radius 1 is 1.62 bits per heavy atom. The van der Waals surface area contributed by atoms with E-state index in [2.05, 4.69) is 11.2 Å². The van der Waals surface area contributed by atoms with Gasteiger partial charge in [-0.15, -0.1) is 0 Å². The Kier molecular flexibility index (Phi) is 3.60. The van der Waals surface area contributed by atoms with Crippen molar-refractivity contribution in [3.8, 4) is 0 Å². The fourth-order valence-corrected chi connectivity index (χ4v) is 0.407. The third-order valence-corrected chi connectivity index (χ3v) is 0.749. The van der Waals surface area contributed by atoms with E-state index in [1.807, 2.05) is 19.1 Å². The van der Waals surface area contributed by atoms with Gasteiger partial charge >= 0.3 is 18.9 Å². The first-order valence-electron chi connectivity index (χ1n) is 2.19. The smallest absolute Gasteiger partial charge is 0.391 e. The largest absolute Gasteiger partial charge is 1.00 e. The third-order valence-electron chi connectivity index (χ3n) is 0.749. The summed E-state index contributed by atoms with van der Waals surface area (Å²) in [5, 5.41) is 0. The van der Waals surface area contributed by atoms with Gasteiger partial charge in [-0.3, -0.25) is 0 Å². The van der Waals surface area contributed by atoms with Crippen LogP contribution in [-0.4, -0.2) is 4.98 Å². The van der Waals surface area contributed by atoms with Crippen LogP contribution in [0.15, 0.2) is 18.2 Å². The average Bonchev–Trinajstić information content (AvgIpc) is 1.69. The first-order valence-corrected chi connectivity index (χ1v) is 2.19. The molecule has 1 aromatic heterocycles. The minimum atomic E-state index is 0. The first-order chi connectivity index (χ1) is 3.39. The summed E-state index contributed by atoms with van der Waals surface area (Å²) in [7, 11) is 0. The Morgan fingerprint density at radius 3 is 2.62 bits per heavy atom. The van der Waals surface area contributed by atoms with Crippen molar-refractivity contribution in [2.45, 2.75) is 6.92 Å². The maximum absolute atomic E-state index is 3.85. The summed E-state index contributed by atoms with van der Waals surface area (Å²) in [6.45, 7) is 1.94. The van der Waals surface area contributed by atoms with Crippen molar-refractivity contribution in [2.24, 2.45) is 0 Å². The summed E-state index contributed by atoms with van der Waals surface area (Å²) in [6, 6.07) is 5.64. The van der Waals surface area contributed by atoms with Crippen LogP contribution < -0.4 is 18.9 Å². The molecular formula is C6H6LiN. The summed E-state index contributed by atoms with van der Waals surface area (Å²) in [5.74, 6) is 0. The van der Waals surface area contributed by atoms with E-state index in [1.165, 1.54) is 0 Å². The van der Waals surface area contributed by atoms with E-state index in [0.717, 1.165) is 5.69 Å². The van der Waals surface area contributed by atoms with Crippen molar-refractivity contribution in [1.29, 1.82) is 0 Å². The van der Waals surface area contributed by atoms with Gasteiger partial charge in [0.25, 0.3) is 0 Å². The van der Waals surface area contributed by atoms with E-state index < -0.39 is 0 Å². The molecule has 36 valence electrons. The minimum absolute atomic E-state index is 0. The first kappa shape index (κ1) is 7.75. The molecule has 0 radical (unpaired) electrons. The molecule has 1 heterocycles. The van der Waals surface area contributed by atoms with Gasteiger partial charge < -0.3 is 4.98 Å². The third kappa shape index (κ3) is 2.16. The monoisotopic (exact) mass is 99.1 g/mol. The van der Waals surface area contributed by atoms with Gasteiger partial charge in [0.05, 0.1) is 0 Å². The number of nitrogens with zero attached hydrogens (tertiary/aromatic N) is 1. The number of hydrogen-bond donors (Lipinski definition) is 0. The van der Waals surface area contributed by atoms with Crippen LogP contribution in [0.2, 0.25) is 0 Å². The van der Waals surface area contributed by atoms with Crippen molar-refractivity contribution in [3.05, 3.63) is 30.1 Å². The van der Waals surface area contributed by atoms with Crippen LogP contribution in [0, 0.1) is 13.1 Å². The topological polar surface area (TPSA) is 12.9 Å². The van der Waals surface area contributed by atoms with E-state index in [0.29, 0.717) is 0 Å². The molecule has 0 bridgehead atoms.